The van der Waals surface area contributed by atoms with Crippen LogP contribution in [0, 0.1) is 20.8 Å². The lowest BCUT2D eigenvalue weighted by Crippen LogP contribution is -2.19. The third-order valence-corrected chi connectivity index (χ3v) is 5.81. The predicted octanol–water partition coefficient (Wildman–Crippen LogP) is 5.14. The first-order chi connectivity index (χ1) is 14.4. The van der Waals surface area contributed by atoms with E-state index in [0.29, 0.717) is 18.7 Å². The van der Waals surface area contributed by atoms with Crippen molar-refractivity contribution in [2.45, 2.75) is 40.3 Å². The third-order valence-electron chi connectivity index (χ3n) is 5.81. The Morgan fingerprint density at radius 3 is 2.40 bits per heavy atom. The number of nitrogens with one attached hydrogen (secondary N) is 1. The fraction of sp³-hybridized carbons (Fsp3) is 0.269. The Kier molecular flexibility index (Phi) is 6.91. The monoisotopic (exact) mass is 402 g/mol. The van der Waals surface area contributed by atoms with Gasteiger partial charge in [-0.25, -0.2) is 4.79 Å². The van der Waals surface area contributed by atoms with Gasteiger partial charge in [-0.15, -0.1) is 0 Å². The standard InChI is InChI=1S/C26H30N2O2/c1-5-21-10-12-22(13-11-21)17-28-19(3)24(25(20(28)4)26(29)30)16-27-15-14-23-9-7-6-8-18(23)2/h5-13,27H,1,14-17H2,2-4H3,(H,29,30). The van der Waals surface area contributed by atoms with Gasteiger partial charge in [-0.05, 0) is 56.0 Å². The lowest BCUT2D eigenvalue weighted by atomic mass is 10.1. The number of aromatic nitrogens is 1. The molecular weight excluding hydrogens is 372 g/mol. The second kappa shape index (κ2) is 9.59. The maximum absolute atomic E-state index is 12.0. The van der Waals surface area contributed by atoms with Gasteiger partial charge < -0.3 is 15.0 Å². The number of aryl methyl sites for hydroxylation is 1. The van der Waals surface area contributed by atoms with E-state index in [1.807, 2.05) is 38.1 Å². The van der Waals surface area contributed by atoms with Gasteiger partial charge in [0.25, 0.3) is 0 Å². The van der Waals surface area contributed by atoms with Gasteiger partial charge in [0.1, 0.15) is 0 Å². The van der Waals surface area contributed by atoms with E-state index < -0.39 is 5.97 Å². The zero-order chi connectivity index (χ0) is 21.7. The third kappa shape index (κ3) is 4.71. The second-order valence-electron chi connectivity index (χ2n) is 7.71. The van der Waals surface area contributed by atoms with Crippen LogP contribution >= 0.6 is 0 Å². The SMILES string of the molecule is C=Cc1ccc(Cn2c(C)c(CNCCc3ccccc3C)c(C(=O)O)c2C)cc1. The fourth-order valence-corrected chi connectivity index (χ4v) is 3.95. The number of aromatic carboxylic acids is 1. The maximum Gasteiger partial charge on any atom is 0.337 e. The van der Waals surface area contributed by atoms with Crippen LogP contribution in [0.2, 0.25) is 0 Å². The highest BCUT2D eigenvalue weighted by Crippen LogP contribution is 2.24. The number of hydrogen-bond donors (Lipinski definition) is 2. The highest BCUT2D eigenvalue weighted by Gasteiger charge is 2.22. The molecule has 0 aliphatic rings. The Morgan fingerprint density at radius 1 is 1.07 bits per heavy atom. The molecular formula is C26H30N2O2. The molecule has 3 aromatic rings. The highest BCUT2D eigenvalue weighted by atomic mass is 16.4. The van der Waals surface area contributed by atoms with Gasteiger partial charge in [0.15, 0.2) is 0 Å². The van der Waals surface area contributed by atoms with E-state index in [4.69, 9.17) is 0 Å². The molecule has 4 nitrogen and oxygen atoms in total. The van der Waals surface area contributed by atoms with Gasteiger partial charge in [0.05, 0.1) is 5.56 Å². The molecule has 0 aliphatic carbocycles. The molecule has 3 rings (SSSR count). The van der Waals surface area contributed by atoms with E-state index in [1.165, 1.54) is 11.1 Å². The normalized spacial score (nSPS) is 10.9. The minimum atomic E-state index is -0.868. The first kappa shape index (κ1) is 21.6. The smallest absolute Gasteiger partial charge is 0.337 e. The first-order valence-corrected chi connectivity index (χ1v) is 10.3. The van der Waals surface area contributed by atoms with Crippen LogP contribution in [0.1, 0.15) is 49.6 Å². The van der Waals surface area contributed by atoms with E-state index in [-0.39, 0.29) is 0 Å². The van der Waals surface area contributed by atoms with Gasteiger partial charge in [-0.3, -0.25) is 0 Å². The molecule has 1 aromatic heterocycles. The van der Waals surface area contributed by atoms with E-state index in [2.05, 4.69) is 53.7 Å². The summed E-state index contributed by atoms with van der Waals surface area (Å²) >= 11 is 0. The van der Waals surface area contributed by atoms with Gasteiger partial charge in [0.2, 0.25) is 0 Å². The van der Waals surface area contributed by atoms with Crippen LogP contribution in [0.4, 0.5) is 0 Å². The fourth-order valence-electron chi connectivity index (χ4n) is 3.95. The summed E-state index contributed by atoms with van der Waals surface area (Å²) in [4.78, 5) is 12.0. The average molecular weight is 403 g/mol. The summed E-state index contributed by atoms with van der Waals surface area (Å²) in [6, 6.07) is 16.6. The maximum atomic E-state index is 12.0. The number of carboxylic acids is 1. The highest BCUT2D eigenvalue weighted by molar-refractivity contribution is 5.91. The average Bonchev–Trinajstić information content (AvgIpc) is 2.97. The molecule has 0 saturated carbocycles. The molecule has 0 spiro atoms. The number of carbonyl (C=O) groups is 1. The molecule has 0 unspecified atom stereocenters. The van der Waals surface area contributed by atoms with Crippen LogP contribution in [-0.2, 0) is 19.5 Å². The van der Waals surface area contributed by atoms with Crippen molar-refractivity contribution < 1.29 is 9.90 Å². The van der Waals surface area contributed by atoms with Crippen LogP contribution < -0.4 is 5.32 Å². The molecule has 0 radical (unpaired) electrons. The Hall–Kier alpha value is -3.11. The van der Waals surface area contributed by atoms with Crippen LogP contribution in [0.3, 0.4) is 0 Å². The molecule has 0 amide bonds. The summed E-state index contributed by atoms with van der Waals surface area (Å²) in [5, 5.41) is 13.3. The zero-order valence-corrected chi connectivity index (χ0v) is 18.0. The van der Waals surface area contributed by atoms with Crippen molar-refractivity contribution in [2.24, 2.45) is 0 Å². The number of rotatable bonds is 9. The predicted molar refractivity (Wildman–Crippen MR) is 123 cm³/mol. The molecule has 0 bridgehead atoms. The molecule has 156 valence electrons. The van der Waals surface area contributed by atoms with Crippen LogP contribution in [0.15, 0.2) is 55.1 Å². The van der Waals surface area contributed by atoms with Crippen molar-refractivity contribution in [3.63, 3.8) is 0 Å². The minimum absolute atomic E-state index is 0.415. The summed E-state index contributed by atoms with van der Waals surface area (Å²) in [5.74, 6) is -0.868. The Labute approximate surface area is 178 Å². The van der Waals surface area contributed by atoms with Crippen molar-refractivity contribution in [3.05, 3.63) is 99.9 Å². The summed E-state index contributed by atoms with van der Waals surface area (Å²) < 4.78 is 2.10. The topological polar surface area (TPSA) is 54.3 Å². The quantitative estimate of drug-likeness (QED) is 0.488. The molecule has 0 fully saturated rings. The number of benzene rings is 2. The van der Waals surface area contributed by atoms with Gasteiger partial charge in [-0.1, -0.05) is 61.2 Å². The summed E-state index contributed by atoms with van der Waals surface area (Å²) in [5.41, 5.74) is 7.89. The van der Waals surface area contributed by atoms with E-state index in [0.717, 1.165) is 41.0 Å². The van der Waals surface area contributed by atoms with Crippen molar-refractivity contribution in [1.82, 2.24) is 9.88 Å². The first-order valence-electron chi connectivity index (χ1n) is 10.3. The number of hydrogen-bond acceptors (Lipinski definition) is 2. The molecule has 0 saturated heterocycles. The summed E-state index contributed by atoms with van der Waals surface area (Å²) in [6.45, 7) is 11.8. The van der Waals surface area contributed by atoms with Gasteiger partial charge in [0, 0.05) is 30.0 Å². The van der Waals surface area contributed by atoms with Crippen LogP contribution in [0.5, 0.6) is 0 Å². The van der Waals surface area contributed by atoms with Crippen molar-refractivity contribution in [2.75, 3.05) is 6.54 Å². The number of nitrogens with zero attached hydrogens (tertiary/aromatic N) is 1. The van der Waals surface area contributed by atoms with Gasteiger partial charge >= 0.3 is 5.97 Å². The Bertz CT molecular complexity index is 1050. The van der Waals surface area contributed by atoms with E-state index in [1.54, 1.807) is 0 Å². The zero-order valence-electron chi connectivity index (χ0n) is 18.0. The molecule has 0 aliphatic heterocycles. The molecule has 2 N–H and O–H groups in total. The van der Waals surface area contributed by atoms with Crippen molar-refractivity contribution in [1.29, 1.82) is 0 Å². The van der Waals surface area contributed by atoms with Crippen LogP contribution in [-0.4, -0.2) is 22.2 Å². The van der Waals surface area contributed by atoms with E-state index >= 15 is 0 Å². The molecule has 4 heteroatoms. The molecule has 2 aromatic carbocycles. The van der Waals surface area contributed by atoms with Crippen molar-refractivity contribution in [3.8, 4) is 0 Å². The lowest BCUT2D eigenvalue weighted by Gasteiger charge is -2.11. The van der Waals surface area contributed by atoms with Crippen LogP contribution in [0.25, 0.3) is 6.08 Å². The Balaban J connectivity index is 1.76. The summed E-state index contributed by atoms with van der Waals surface area (Å²) in [7, 11) is 0. The lowest BCUT2D eigenvalue weighted by molar-refractivity contribution is 0.0694. The molecule has 30 heavy (non-hydrogen) atoms. The largest absolute Gasteiger partial charge is 0.478 e. The minimum Gasteiger partial charge on any atom is -0.478 e. The molecule has 0 atom stereocenters. The molecule has 1 heterocycles. The number of carboxylic acid groups (broad SMARTS) is 1. The second-order valence-corrected chi connectivity index (χ2v) is 7.71. The van der Waals surface area contributed by atoms with Crippen molar-refractivity contribution >= 4 is 12.0 Å². The van der Waals surface area contributed by atoms with E-state index in [9.17, 15) is 9.90 Å². The Morgan fingerprint density at radius 2 is 1.77 bits per heavy atom. The summed E-state index contributed by atoms with van der Waals surface area (Å²) in [6.07, 6.45) is 2.74. The van der Waals surface area contributed by atoms with Gasteiger partial charge in [-0.2, -0.15) is 0 Å².